The zero-order valence-corrected chi connectivity index (χ0v) is 20.5. The van der Waals surface area contributed by atoms with Crippen molar-refractivity contribution < 1.29 is 19.1 Å². The Kier molecular flexibility index (Phi) is 6.53. The lowest BCUT2D eigenvalue weighted by Crippen LogP contribution is -2.52. The lowest BCUT2D eigenvalue weighted by molar-refractivity contribution is -0.136. The second-order valence-corrected chi connectivity index (χ2v) is 9.95. The van der Waals surface area contributed by atoms with Crippen LogP contribution in [-0.4, -0.2) is 60.1 Å². The maximum absolute atomic E-state index is 16.1. The molecule has 1 aromatic carbocycles. The van der Waals surface area contributed by atoms with Crippen LogP contribution in [0.4, 0.5) is 10.1 Å². The van der Waals surface area contributed by atoms with Gasteiger partial charge in [0, 0.05) is 31.7 Å². The van der Waals surface area contributed by atoms with Crippen molar-refractivity contribution in [3.63, 3.8) is 0 Å². The highest BCUT2D eigenvalue weighted by atomic mass is 19.1. The van der Waals surface area contributed by atoms with Gasteiger partial charge in [-0.3, -0.25) is 14.5 Å². The number of aliphatic hydroxyl groups is 1. The summed E-state index contributed by atoms with van der Waals surface area (Å²) in [6, 6.07) is 6.56. The number of fused-ring (bicyclic) bond motifs is 3. The number of para-hydroxylation sites is 1. The third-order valence-corrected chi connectivity index (χ3v) is 7.80. The fourth-order valence-electron chi connectivity index (χ4n) is 5.95. The van der Waals surface area contributed by atoms with Gasteiger partial charge in [-0.25, -0.2) is 4.39 Å². The number of benzene rings is 1. The van der Waals surface area contributed by atoms with Crippen molar-refractivity contribution in [3.8, 4) is 0 Å². The normalized spacial score (nSPS) is 32.5. The van der Waals surface area contributed by atoms with Gasteiger partial charge in [0.25, 0.3) is 5.91 Å². The van der Waals surface area contributed by atoms with Gasteiger partial charge in [-0.15, -0.1) is 0 Å². The molecule has 5 rings (SSSR count). The number of halogens is 1. The van der Waals surface area contributed by atoms with Gasteiger partial charge in [-0.2, -0.15) is 0 Å². The van der Waals surface area contributed by atoms with Crippen molar-refractivity contribution in [1.29, 1.82) is 0 Å². The van der Waals surface area contributed by atoms with E-state index in [1.807, 2.05) is 30.4 Å². The number of carbonyl (C=O) groups is 2. The molecular weight excluding hydrogens is 457 g/mol. The number of hydrogen-bond acceptors (Lipinski definition) is 4. The molecule has 2 aliphatic carbocycles. The van der Waals surface area contributed by atoms with Gasteiger partial charge in [0.1, 0.15) is 0 Å². The standard InChI is InChI=1S/C29H32FN3O3/c1-19-7-5-9-20-17-21(10-6-8-19)27(35)26(20)32-15-13-22(14-16-32)33-24-12-4-3-11-23(24)29(30,28(33)36)18-25(34)31-2/h3-12,22,26-27,35H,1,13-18H2,2H3,(H,31,34)/b7-5-,8-6?,20-9+,21-10+/t26?,27-,29-/m1/s1. The molecule has 1 aromatic rings. The molecule has 2 fully saturated rings. The molecule has 6 nitrogen and oxygen atoms in total. The van der Waals surface area contributed by atoms with E-state index in [4.69, 9.17) is 0 Å². The van der Waals surface area contributed by atoms with E-state index in [0.29, 0.717) is 31.6 Å². The molecule has 0 radical (unpaired) electrons. The molecule has 2 N–H and O–H groups in total. The minimum absolute atomic E-state index is 0.128. The predicted octanol–water partition coefficient (Wildman–Crippen LogP) is 3.47. The molecule has 188 valence electrons. The molecule has 1 unspecified atom stereocenters. The van der Waals surface area contributed by atoms with E-state index in [-0.39, 0.29) is 17.6 Å². The third kappa shape index (κ3) is 4.16. The number of alkyl halides is 1. The molecule has 2 amide bonds. The van der Waals surface area contributed by atoms with E-state index in [9.17, 15) is 14.7 Å². The molecule has 2 bridgehead atoms. The van der Waals surface area contributed by atoms with E-state index >= 15 is 4.39 Å². The van der Waals surface area contributed by atoms with Crippen LogP contribution < -0.4 is 10.2 Å². The number of nitrogens with one attached hydrogen (secondary N) is 1. The van der Waals surface area contributed by atoms with Crippen molar-refractivity contribution in [3.05, 3.63) is 89.6 Å². The number of carbonyl (C=O) groups excluding carboxylic acids is 2. The molecular formula is C29H32FN3O3. The van der Waals surface area contributed by atoms with Gasteiger partial charge in [-0.05, 0) is 42.0 Å². The molecule has 4 aliphatic rings. The van der Waals surface area contributed by atoms with Crippen molar-refractivity contribution in [2.45, 2.75) is 49.5 Å². The second kappa shape index (κ2) is 9.64. The van der Waals surface area contributed by atoms with Gasteiger partial charge in [0.15, 0.2) is 0 Å². The molecule has 0 spiro atoms. The average Bonchev–Trinajstić information content (AvgIpc) is 3.29. The van der Waals surface area contributed by atoms with Crippen LogP contribution in [0, 0.1) is 0 Å². The van der Waals surface area contributed by atoms with Gasteiger partial charge >= 0.3 is 0 Å². The molecule has 2 heterocycles. The Hall–Kier alpha value is -3.29. The summed E-state index contributed by atoms with van der Waals surface area (Å²) in [5.41, 5.74) is 1.48. The van der Waals surface area contributed by atoms with Gasteiger partial charge in [-0.1, -0.05) is 61.2 Å². The average molecular weight is 490 g/mol. The molecule has 3 atom stereocenters. The van der Waals surface area contributed by atoms with E-state index in [0.717, 1.165) is 23.1 Å². The monoisotopic (exact) mass is 489 g/mol. The number of amides is 2. The fourth-order valence-corrected chi connectivity index (χ4v) is 5.95. The number of aliphatic hydroxyl groups excluding tert-OH is 1. The first-order chi connectivity index (χ1) is 17.3. The van der Waals surface area contributed by atoms with Crippen molar-refractivity contribution >= 4 is 17.5 Å². The van der Waals surface area contributed by atoms with Crippen LogP contribution in [0.25, 0.3) is 0 Å². The Morgan fingerprint density at radius 2 is 1.83 bits per heavy atom. The lowest BCUT2D eigenvalue weighted by atomic mass is 9.93. The van der Waals surface area contributed by atoms with E-state index < -0.39 is 30.0 Å². The largest absolute Gasteiger partial charge is 0.387 e. The number of allylic oxidation sites excluding steroid dienone is 7. The zero-order valence-electron chi connectivity index (χ0n) is 20.5. The first kappa shape index (κ1) is 24.4. The predicted molar refractivity (Wildman–Crippen MR) is 138 cm³/mol. The van der Waals surface area contributed by atoms with Crippen molar-refractivity contribution in [2.75, 3.05) is 25.0 Å². The second-order valence-electron chi connectivity index (χ2n) is 9.95. The Morgan fingerprint density at radius 1 is 1.17 bits per heavy atom. The molecule has 36 heavy (non-hydrogen) atoms. The molecule has 0 aromatic heterocycles. The van der Waals surface area contributed by atoms with Crippen LogP contribution in [0.3, 0.4) is 0 Å². The van der Waals surface area contributed by atoms with Gasteiger partial charge in [0.05, 0.1) is 24.3 Å². The van der Waals surface area contributed by atoms with Crippen LogP contribution >= 0.6 is 0 Å². The van der Waals surface area contributed by atoms with Crippen molar-refractivity contribution in [1.82, 2.24) is 10.2 Å². The summed E-state index contributed by atoms with van der Waals surface area (Å²) in [4.78, 5) is 29.3. The van der Waals surface area contributed by atoms with E-state index in [1.165, 1.54) is 7.05 Å². The lowest BCUT2D eigenvalue weighted by Gasteiger charge is -2.41. The summed E-state index contributed by atoms with van der Waals surface area (Å²) < 4.78 is 16.1. The Labute approximate surface area is 211 Å². The van der Waals surface area contributed by atoms with Crippen LogP contribution in [0.1, 0.15) is 31.2 Å². The topological polar surface area (TPSA) is 72.9 Å². The molecule has 2 aliphatic heterocycles. The molecule has 7 heteroatoms. The maximum atomic E-state index is 16.1. The summed E-state index contributed by atoms with van der Waals surface area (Å²) in [6.45, 7) is 5.34. The van der Waals surface area contributed by atoms with Crippen molar-refractivity contribution in [2.24, 2.45) is 0 Å². The van der Waals surface area contributed by atoms with E-state index in [1.54, 1.807) is 29.2 Å². The summed E-state index contributed by atoms with van der Waals surface area (Å²) >= 11 is 0. The van der Waals surface area contributed by atoms with Crippen LogP contribution in [-0.2, 0) is 15.3 Å². The fraction of sp³-hybridized carbons (Fsp3) is 0.379. The number of nitrogens with zero attached hydrogens (tertiary/aromatic N) is 2. The number of anilines is 1. The van der Waals surface area contributed by atoms with Gasteiger partial charge < -0.3 is 15.3 Å². The highest BCUT2D eigenvalue weighted by Crippen LogP contribution is 2.47. The first-order valence-electron chi connectivity index (χ1n) is 12.5. The summed E-state index contributed by atoms with van der Waals surface area (Å²) in [6.07, 6.45) is 12.7. The van der Waals surface area contributed by atoms with E-state index in [2.05, 4.69) is 22.9 Å². The number of piperidine rings is 1. The summed E-state index contributed by atoms with van der Waals surface area (Å²) in [5.74, 6) is -1.17. The number of hydrogen-bond donors (Lipinski definition) is 2. The van der Waals surface area contributed by atoms with Gasteiger partial charge in [0.2, 0.25) is 11.6 Å². The molecule has 1 saturated carbocycles. The number of rotatable bonds is 4. The Balaban J connectivity index is 1.36. The summed E-state index contributed by atoms with van der Waals surface area (Å²) in [5, 5.41) is 13.6. The zero-order chi connectivity index (χ0) is 25.4. The minimum atomic E-state index is -2.36. The summed E-state index contributed by atoms with van der Waals surface area (Å²) in [7, 11) is 1.44. The molecule has 1 saturated heterocycles. The Bertz CT molecular complexity index is 1210. The van der Waals surface area contributed by atoms with Crippen LogP contribution in [0.15, 0.2) is 84.0 Å². The highest BCUT2D eigenvalue weighted by molar-refractivity contribution is 6.09. The Morgan fingerprint density at radius 3 is 2.53 bits per heavy atom. The minimum Gasteiger partial charge on any atom is -0.387 e. The quantitative estimate of drug-likeness (QED) is 0.680. The van der Waals surface area contributed by atoms with Crippen LogP contribution in [0.5, 0.6) is 0 Å². The van der Waals surface area contributed by atoms with Crippen LogP contribution in [0.2, 0.25) is 0 Å². The first-order valence-corrected chi connectivity index (χ1v) is 12.5. The SMILES string of the molecule is C=C1C=C/C=C2\C/C(=C\C=C/1)C(N1CCC(N3C(=O)[C@@](F)(CC(=O)NC)c4ccccc43)CC1)[C@@H]2O. The maximum Gasteiger partial charge on any atom is 0.270 e. The third-order valence-electron chi connectivity index (χ3n) is 7.80. The number of likely N-dealkylation sites (tertiary alicyclic amines) is 1. The smallest absolute Gasteiger partial charge is 0.270 e. The highest BCUT2D eigenvalue weighted by Gasteiger charge is 2.55.